The molecule has 0 amide bonds. The van der Waals surface area contributed by atoms with Gasteiger partial charge in [0, 0.05) is 19.7 Å². The fraction of sp³-hybridized carbons (Fsp3) is 0.571. The zero-order chi connectivity index (χ0) is 11.5. The minimum Gasteiger partial charge on any atom is -0.377 e. The fourth-order valence-electron chi connectivity index (χ4n) is 2.52. The first-order valence-corrected chi connectivity index (χ1v) is 6.42. The van der Waals surface area contributed by atoms with Crippen molar-refractivity contribution < 1.29 is 9.47 Å². The second-order valence-electron chi connectivity index (χ2n) is 4.86. The Balaban J connectivity index is 1.51. The van der Waals surface area contributed by atoms with E-state index in [0.717, 1.165) is 32.9 Å². The molecule has 1 atom stereocenters. The molecule has 3 nitrogen and oxygen atoms in total. The van der Waals surface area contributed by atoms with Gasteiger partial charge in [-0.3, -0.25) is 0 Å². The van der Waals surface area contributed by atoms with E-state index < -0.39 is 0 Å². The molecule has 1 N–H and O–H groups in total. The van der Waals surface area contributed by atoms with E-state index in [2.05, 4.69) is 23.5 Å². The van der Waals surface area contributed by atoms with E-state index in [9.17, 15) is 0 Å². The second-order valence-corrected chi connectivity index (χ2v) is 4.86. The van der Waals surface area contributed by atoms with Gasteiger partial charge in [-0.2, -0.15) is 0 Å². The Morgan fingerprint density at radius 1 is 1.24 bits per heavy atom. The molecule has 1 aromatic rings. The van der Waals surface area contributed by atoms with Gasteiger partial charge in [-0.25, -0.2) is 0 Å². The molecule has 3 rings (SSSR count). The van der Waals surface area contributed by atoms with Gasteiger partial charge in [-0.15, -0.1) is 0 Å². The van der Waals surface area contributed by atoms with Crippen molar-refractivity contribution >= 4 is 0 Å². The van der Waals surface area contributed by atoms with E-state index in [1.165, 1.54) is 29.5 Å². The predicted octanol–water partition coefficient (Wildman–Crippen LogP) is 1.99. The molecule has 2 heterocycles. The number of benzene rings is 1. The highest BCUT2D eigenvalue weighted by atomic mass is 16.5. The first-order valence-electron chi connectivity index (χ1n) is 6.42. The first kappa shape index (κ1) is 11.2. The highest BCUT2D eigenvalue weighted by Gasteiger charge is 2.15. The molecule has 0 bridgehead atoms. The summed E-state index contributed by atoms with van der Waals surface area (Å²) in [4.78, 5) is 0. The maximum atomic E-state index is 5.58. The van der Waals surface area contributed by atoms with Crippen molar-refractivity contribution in [1.29, 1.82) is 0 Å². The predicted molar refractivity (Wildman–Crippen MR) is 65.6 cm³/mol. The number of ether oxygens (including phenoxy) is 2. The quantitative estimate of drug-likeness (QED) is 0.862. The van der Waals surface area contributed by atoms with Crippen molar-refractivity contribution in [2.24, 2.45) is 0 Å². The molecule has 17 heavy (non-hydrogen) atoms. The van der Waals surface area contributed by atoms with Gasteiger partial charge in [-0.1, -0.05) is 18.2 Å². The lowest BCUT2D eigenvalue weighted by molar-refractivity contribution is 0.110. The fourth-order valence-corrected chi connectivity index (χ4v) is 2.52. The van der Waals surface area contributed by atoms with Gasteiger partial charge in [0.15, 0.2) is 0 Å². The third-order valence-electron chi connectivity index (χ3n) is 3.51. The van der Waals surface area contributed by atoms with Crippen molar-refractivity contribution in [1.82, 2.24) is 5.32 Å². The third-order valence-corrected chi connectivity index (χ3v) is 3.51. The highest BCUT2D eigenvalue weighted by Crippen LogP contribution is 2.20. The van der Waals surface area contributed by atoms with Crippen molar-refractivity contribution in [2.75, 3.05) is 13.2 Å². The van der Waals surface area contributed by atoms with E-state index in [1.54, 1.807) is 0 Å². The van der Waals surface area contributed by atoms with Crippen LogP contribution in [-0.4, -0.2) is 19.3 Å². The Kier molecular flexibility index (Phi) is 3.41. The first-order chi connectivity index (χ1) is 8.42. The van der Waals surface area contributed by atoms with Crippen molar-refractivity contribution in [3.8, 4) is 0 Å². The van der Waals surface area contributed by atoms with Crippen LogP contribution in [0, 0.1) is 0 Å². The van der Waals surface area contributed by atoms with Crippen LogP contribution in [0.3, 0.4) is 0 Å². The smallest absolute Gasteiger partial charge is 0.0725 e. The lowest BCUT2D eigenvalue weighted by Gasteiger charge is -2.11. The molecule has 0 saturated carbocycles. The lowest BCUT2D eigenvalue weighted by atomic mass is 10.1. The monoisotopic (exact) mass is 233 g/mol. The van der Waals surface area contributed by atoms with Crippen LogP contribution in [0.25, 0.3) is 0 Å². The Hall–Kier alpha value is -0.900. The number of nitrogens with one attached hydrogen (secondary N) is 1. The molecule has 1 fully saturated rings. The maximum absolute atomic E-state index is 5.58. The number of hydrogen-bond donors (Lipinski definition) is 1. The molecule has 2 aliphatic rings. The molecular formula is C14H19NO2. The van der Waals surface area contributed by atoms with Gasteiger partial charge < -0.3 is 14.8 Å². The summed E-state index contributed by atoms with van der Waals surface area (Å²) in [6, 6.07) is 6.63. The second kappa shape index (κ2) is 5.17. The van der Waals surface area contributed by atoms with Crippen LogP contribution in [0.4, 0.5) is 0 Å². The molecule has 0 spiro atoms. The average molecular weight is 233 g/mol. The SMILES string of the molecule is c1cc2c(cc1CNCC1CCCO1)COC2. The summed E-state index contributed by atoms with van der Waals surface area (Å²) < 4.78 is 11.0. The van der Waals surface area contributed by atoms with Gasteiger partial charge >= 0.3 is 0 Å². The van der Waals surface area contributed by atoms with Crippen molar-refractivity contribution in [3.05, 3.63) is 34.9 Å². The van der Waals surface area contributed by atoms with Crippen LogP contribution in [-0.2, 0) is 29.2 Å². The zero-order valence-electron chi connectivity index (χ0n) is 10.1. The Morgan fingerprint density at radius 3 is 3.06 bits per heavy atom. The number of fused-ring (bicyclic) bond motifs is 1. The standard InChI is InChI=1S/C14H19NO2/c1-2-14(17-5-1)8-15-7-11-3-4-12-9-16-10-13(12)6-11/h3-4,6,14-15H,1-2,5,7-10H2. The molecule has 0 radical (unpaired) electrons. The Labute approximate surface area is 102 Å². The number of hydrogen-bond acceptors (Lipinski definition) is 3. The minimum absolute atomic E-state index is 0.424. The van der Waals surface area contributed by atoms with Crippen LogP contribution in [0.5, 0.6) is 0 Å². The molecule has 2 aliphatic heterocycles. The summed E-state index contributed by atoms with van der Waals surface area (Å²) in [6.45, 7) is 4.37. The normalized spacial score (nSPS) is 22.9. The van der Waals surface area contributed by atoms with Crippen molar-refractivity contribution in [3.63, 3.8) is 0 Å². The minimum atomic E-state index is 0.424. The van der Waals surface area contributed by atoms with Gasteiger partial charge in [-0.05, 0) is 29.5 Å². The Morgan fingerprint density at radius 2 is 2.18 bits per heavy atom. The summed E-state index contributed by atoms with van der Waals surface area (Å²) in [6.07, 6.45) is 2.83. The van der Waals surface area contributed by atoms with E-state index >= 15 is 0 Å². The molecule has 3 heteroatoms. The highest BCUT2D eigenvalue weighted by molar-refractivity contribution is 5.33. The van der Waals surface area contributed by atoms with Crippen LogP contribution >= 0.6 is 0 Å². The summed E-state index contributed by atoms with van der Waals surface area (Å²) in [5.74, 6) is 0. The molecule has 92 valence electrons. The van der Waals surface area contributed by atoms with Gasteiger partial charge in [0.1, 0.15) is 0 Å². The van der Waals surface area contributed by atoms with E-state index in [4.69, 9.17) is 9.47 Å². The van der Waals surface area contributed by atoms with Crippen LogP contribution in [0.15, 0.2) is 18.2 Å². The van der Waals surface area contributed by atoms with Gasteiger partial charge in [0.2, 0.25) is 0 Å². The van der Waals surface area contributed by atoms with Crippen LogP contribution in [0.2, 0.25) is 0 Å². The van der Waals surface area contributed by atoms with E-state index in [1.807, 2.05) is 0 Å². The maximum Gasteiger partial charge on any atom is 0.0725 e. The summed E-state index contributed by atoms with van der Waals surface area (Å²) in [7, 11) is 0. The van der Waals surface area contributed by atoms with E-state index in [-0.39, 0.29) is 0 Å². The summed E-state index contributed by atoms with van der Waals surface area (Å²) in [5, 5.41) is 3.47. The molecular weight excluding hydrogens is 214 g/mol. The van der Waals surface area contributed by atoms with Crippen molar-refractivity contribution in [2.45, 2.75) is 38.7 Å². The van der Waals surface area contributed by atoms with E-state index in [0.29, 0.717) is 6.10 Å². The molecule has 0 aromatic heterocycles. The summed E-state index contributed by atoms with van der Waals surface area (Å²) >= 11 is 0. The largest absolute Gasteiger partial charge is 0.377 e. The lowest BCUT2D eigenvalue weighted by Crippen LogP contribution is -2.25. The molecule has 1 saturated heterocycles. The number of rotatable bonds is 4. The molecule has 0 aliphatic carbocycles. The topological polar surface area (TPSA) is 30.5 Å². The van der Waals surface area contributed by atoms with Gasteiger partial charge in [0.05, 0.1) is 19.3 Å². The molecule has 1 unspecified atom stereocenters. The molecule has 1 aromatic carbocycles. The average Bonchev–Trinajstić information content (AvgIpc) is 2.98. The zero-order valence-corrected chi connectivity index (χ0v) is 10.1. The van der Waals surface area contributed by atoms with Crippen LogP contribution in [0.1, 0.15) is 29.5 Å². The van der Waals surface area contributed by atoms with Gasteiger partial charge in [0.25, 0.3) is 0 Å². The third kappa shape index (κ3) is 2.68. The summed E-state index contributed by atoms with van der Waals surface area (Å²) in [5.41, 5.74) is 4.03. The van der Waals surface area contributed by atoms with Crippen LogP contribution < -0.4 is 5.32 Å². The Bertz CT molecular complexity index is 386.